The third-order valence-electron chi connectivity index (χ3n) is 2.32. The predicted molar refractivity (Wildman–Crippen MR) is 51.3 cm³/mol. The number of nitrogens with two attached hydrogens (primary N) is 1. The van der Waals surface area contributed by atoms with Gasteiger partial charge in [0.15, 0.2) is 0 Å². The van der Waals surface area contributed by atoms with Crippen LogP contribution in [0.4, 0.5) is 5.69 Å². The molecule has 0 saturated carbocycles. The maximum Gasteiger partial charge on any atom is 0.0502 e. The first-order valence-electron chi connectivity index (χ1n) is 4.02. The fourth-order valence-electron chi connectivity index (χ4n) is 1.45. The van der Waals surface area contributed by atoms with E-state index in [0.29, 0.717) is 0 Å². The molecule has 0 aliphatic heterocycles. The number of nitrogens with zero attached hydrogens (tertiary/aromatic N) is 1. The Morgan fingerprint density at radius 3 is 2.83 bits per heavy atom. The SMILES string of the molecule is Cc1cn2ccc(N)cc2c1C. The Bertz CT molecular complexity index is 427. The monoisotopic (exact) mass is 160 g/mol. The molecular weight excluding hydrogens is 148 g/mol. The molecule has 2 heteroatoms. The summed E-state index contributed by atoms with van der Waals surface area (Å²) >= 11 is 0. The van der Waals surface area contributed by atoms with Gasteiger partial charge in [0.05, 0.1) is 5.52 Å². The van der Waals surface area contributed by atoms with Crippen molar-refractivity contribution in [2.24, 2.45) is 0 Å². The van der Waals surface area contributed by atoms with E-state index in [1.54, 1.807) is 0 Å². The van der Waals surface area contributed by atoms with Crippen LogP contribution in [0.5, 0.6) is 0 Å². The molecule has 2 aromatic heterocycles. The van der Waals surface area contributed by atoms with E-state index in [4.69, 9.17) is 5.73 Å². The molecule has 2 nitrogen and oxygen atoms in total. The normalized spacial score (nSPS) is 10.8. The van der Waals surface area contributed by atoms with Gasteiger partial charge in [0.2, 0.25) is 0 Å². The lowest BCUT2D eigenvalue weighted by atomic mass is 10.2. The van der Waals surface area contributed by atoms with Gasteiger partial charge >= 0.3 is 0 Å². The number of fused-ring (bicyclic) bond motifs is 1. The Hall–Kier alpha value is -1.44. The molecule has 62 valence electrons. The number of aryl methyl sites for hydroxylation is 2. The highest BCUT2D eigenvalue weighted by Gasteiger charge is 2.01. The Balaban J connectivity index is 2.88. The van der Waals surface area contributed by atoms with Crippen molar-refractivity contribution in [2.75, 3.05) is 5.73 Å². The number of rotatable bonds is 0. The quantitative estimate of drug-likeness (QED) is 0.628. The zero-order chi connectivity index (χ0) is 8.72. The van der Waals surface area contributed by atoms with Crippen molar-refractivity contribution < 1.29 is 0 Å². The van der Waals surface area contributed by atoms with Gasteiger partial charge in [0.25, 0.3) is 0 Å². The summed E-state index contributed by atoms with van der Waals surface area (Å²) in [5.41, 5.74) is 10.3. The van der Waals surface area contributed by atoms with Crippen molar-refractivity contribution in [3.05, 3.63) is 35.7 Å². The number of pyridine rings is 1. The van der Waals surface area contributed by atoms with E-state index >= 15 is 0 Å². The summed E-state index contributed by atoms with van der Waals surface area (Å²) in [6, 6.07) is 3.91. The maximum atomic E-state index is 5.69. The highest BCUT2D eigenvalue weighted by molar-refractivity contribution is 5.63. The first kappa shape index (κ1) is 7.22. The Morgan fingerprint density at radius 1 is 1.33 bits per heavy atom. The van der Waals surface area contributed by atoms with Crippen molar-refractivity contribution in [1.82, 2.24) is 4.40 Å². The molecule has 0 aliphatic rings. The van der Waals surface area contributed by atoms with Crippen molar-refractivity contribution in [2.45, 2.75) is 13.8 Å². The van der Waals surface area contributed by atoms with E-state index in [9.17, 15) is 0 Å². The van der Waals surface area contributed by atoms with E-state index in [1.165, 1.54) is 16.6 Å². The maximum absolute atomic E-state index is 5.69. The molecule has 2 N–H and O–H groups in total. The number of hydrogen-bond donors (Lipinski definition) is 1. The first-order valence-corrected chi connectivity index (χ1v) is 4.02. The molecule has 2 heterocycles. The second-order valence-electron chi connectivity index (χ2n) is 3.19. The number of hydrogen-bond acceptors (Lipinski definition) is 1. The molecule has 12 heavy (non-hydrogen) atoms. The van der Waals surface area contributed by atoms with E-state index in [1.807, 2.05) is 18.3 Å². The Labute approximate surface area is 71.6 Å². The minimum absolute atomic E-state index is 0.823. The van der Waals surface area contributed by atoms with Gasteiger partial charge in [-0.15, -0.1) is 0 Å². The van der Waals surface area contributed by atoms with Gasteiger partial charge < -0.3 is 10.1 Å². The van der Waals surface area contributed by atoms with Gasteiger partial charge in [-0.3, -0.25) is 0 Å². The number of aromatic nitrogens is 1. The molecule has 0 aliphatic carbocycles. The second-order valence-corrected chi connectivity index (χ2v) is 3.19. The van der Waals surface area contributed by atoms with Gasteiger partial charge in [-0.2, -0.15) is 0 Å². The minimum Gasteiger partial charge on any atom is -0.399 e. The third kappa shape index (κ3) is 0.881. The van der Waals surface area contributed by atoms with Crippen LogP contribution in [-0.4, -0.2) is 4.40 Å². The largest absolute Gasteiger partial charge is 0.399 e. The van der Waals surface area contributed by atoms with E-state index in [-0.39, 0.29) is 0 Å². The Morgan fingerprint density at radius 2 is 2.08 bits per heavy atom. The summed E-state index contributed by atoms with van der Waals surface area (Å²) in [5, 5.41) is 0. The van der Waals surface area contributed by atoms with Crippen molar-refractivity contribution >= 4 is 11.2 Å². The molecule has 0 saturated heterocycles. The van der Waals surface area contributed by atoms with E-state index in [2.05, 4.69) is 24.4 Å². The average molecular weight is 160 g/mol. The van der Waals surface area contributed by atoms with Crippen LogP contribution in [0.1, 0.15) is 11.1 Å². The van der Waals surface area contributed by atoms with Crippen molar-refractivity contribution in [3.8, 4) is 0 Å². The highest BCUT2D eigenvalue weighted by atomic mass is 14.9. The topological polar surface area (TPSA) is 30.4 Å². The van der Waals surface area contributed by atoms with Crippen LogP contribution < -0.4 is 5.73 Å². The molecule has 0 unspecified atom stereocenters. The molecular formula is C10H12N2. The molecule has 2 aromatic rings. The molecule has 2 rings (SSSR count). The minimum atomic E-state index is 0.823. The van der Waals surface area contributed by atoms with Gasteiger partial charge in [-0.05, 0) is 37.1 Å². The summed E-state index contributed by atoms with van der Waals surface area (Å²) in [6.07, 6.45) is 4.11. The summed E-state index contributed by atoms with van der Waals surface area (Å²) in [7, 11) is 0. The second kappa shape index (κ2) is 2.27. The van der Waals surface area contributed by atoms with Crippen LogP contribution in [0.3, 0.4) is 0 Å². The van der Waals surface area contributed by atoms with Crippen LogP contribution in [0, 0.1) is 13.8 Å². The standard InChI is InChI=1S/C10H12N2/c1-7-6-12-4-3-9(11)5-10(12)8(7)2/h3-6H,11H2,1-2H3. The molecule has 0 amide bonds. The van der Waals surface area contributed by atoms with E-state index in [0.717, 1.165) is 5.69 Å². The molecule has 0 radical (unpaired) electrons. The fraction of sp³-hybridized carbons (Fsp3) is 0.200. The first-order chi connectivity index (χ1) is 5.68. The van der Waals surface area contributed by atoms with Gasteiger partial charge in [0.1, 0.15) is 0 Å². The highest BCUT2D eigenvalue weighted by Crippen LogP contribution is 2.18. The van der Waals surface area contributed by atoms with Crippen molar-refractivity contribution in [1.29, 1.82) is 0 Å². The lowest BCUT2D eigenvalue weighted by Gasteiger charge is -1.96. The molecule has 0 aromatic carbocycles. The predicted octanol–water partition coefficient (Wildman–Crippen LogP) is 2.14. The lowest BCUT2D eigenvalue weighted by Crippen LogP contribution is -1.87. The average Bonchev–Trinajstić information content (AvgIpc) is 2.31. The molecule has 0 bridgehead atoms. The zero-order valence-corrected chi connectivity index (χ0v) is 7.33. The fourth-order valence-corrected chi connectivity index (χ4v) is 1.45. The van der Waals surface area contributed by atoms with Crippen molar-refractivity contribution in [3.63, 3.8) is 0 Å². The Kier molecular flexibility index (Phi) is 1.37. The van der Waals surface area contributed by atoms with Crippen LogP contribution >= 0.6 is 0 Å². The smallest absolute Gasteiger partial charge is 0.0502 e. The van der Waals surface area contributed by atoms with Gasteiger partial charge in [0, 0.05) is 18.1 Å². The van der Waals surface area contributed by atoms with Crippen LogP contribution in [-0.2, 0) is 0 Å². The summed E-state index contributed by atoms with van der Waals surface area (Å²) in [4.78, 5) is 0. The summed E-state index contributed by atoms with van der Waals surface area (Å²) < 4.78 is 2.10. The molecule has 0 spiro atoms. The number of nitrogen functional groups attached to an aromatic ring is 1. The summed E-state index contributed by atoms with van der Waals surface area (Å²) in [6.45, 7) is 4.22. The lowest BCUT2D eigenvalue weighted by molar-refractivity contribution is 1.19. The van der Waals surface area contributed by atoms with Crippen LogP contribution in [0.15, 0.2) is 24.5 Å². The van der Waals surface area contributed by atoms with Gasteiger partial charge in [-0.25, -0.2) is 0 Å². The van der Waals surface area contributed by atoms with Gasteiger partial charge in [-0.1, -0.05) is 0 Å². The zero-order valence-electron chi connectivity index (χ0n) is 7.33. The molecule has 0 fully saturated rings. The van der Waals surface area contributed by atoms with E-state index < -0.39 is 0 Å². The third-order valence-corrected chi connectivity index (χ3v) is 2.32. The molecule has 0 atom stereocenters. The summed E-state index contributed by atoms with van der Waals surface area (Å²) in [5.74, 6) is 0. The number of anilines is 1. The van der Waals surface area contributed by atoms with Crippen LogP contribution in [0.2, 0.25) is 0 Å². The van der Waals surface area contributed by atoms with Crippen LogP contribution in [0.25, 0.3) is 5.52 Å².